The van der Waals surface area contributed by atoms with Crippen LogP contribution in [0.1, 0.15) is 35.9 Å². The van der Waals surface area contributed by atoms with Crippen LogP contribution in [0.25, 0.3) is 5.69 Å². The number of nitrogens with zero attached hydrogens (tertiary/aromatic N) is 2. The van der Waals surface area contributed by atoms with Gasteiger partial charge in [-0.25, -0.2) is 4.68 Å². The summed E-state index contributed by atoms with van der Waals surface area (Å²) in [5.41, 5.74) is 3.75. The smallest absolute Gasteiger partial charge is 0.235 e. The number of carbonyl (C=O) groups is 1. The fourth-order valence-corrected chi connectivity index (χ4v) is 4.80. The van der Waals surface area contributed by atoms with Crippen molar-refractivity contribution in [2.24, 2.45) is 0 Å². The number of aromatic nitrogens is 2. The number of hydrogen-bond donors (Lipinski definition) is 1. The third-order valence-electron chi connectivity index (χ3n) is 4.64. The molecule has 0 fully saturated rings. The number of rotatable bonds is 4. The Balaban J connectivity index is 1.87. The number of amides is 1. The van der Waals surface area contributed by atoms with Crippen molar-refractivity contribution < 1.29 is 9.53 Å². The first-order valence-corrected chi connectivity index (χ1v) is 10.9. The molecule has 2 aromatic carbocycles. The quantitative estimate of drug-likeness (QED) is 0.606. The van der Waals surface area contributed by atoms with Crippen molar-refractivity contribution in [3.8, 4) is 11.4 Å². The molecule has 1 aliphatic heterocycles. The number of aryl methyl sites for hydroxylation is 1. The zero-order valence-corrected chi connectivity index (χ0v) is 18.1. The molecule has 1 N–H and O–H groups in total. The van der Waals surface area contributed by atoms with Crippen LogP contribution in [0.3, 0.4) is 0 Å². The summed E-state index contributed by atoms with van der Waals surface area (Å²) in [7, 11) is 0. The highest BCUT2D eigenvalue weighted by atomic mass is 35.5. The van der Waals surface area contributed by atoms with Gasteiger partial charge in [-0.15, -0.1) is 11.8 Å². The molecule has 1 aromatic heterocycles. The summed E-state index contributed by atoms with van der Waals surface area (Å²) in [6.45, 7) is 6.00. The fraction of sp³-hybridized carbons (Fsp3) is 0.273. The number of nitrogens with one attached hydrogen (secondary N) is 1. The minimum atomic E-state index is -0.0695. The number of carbonyl (C=O) groups excluding carboxylic acids is 1. The van der Waals surface area contributed by atoms with Crippen LogP contribution < -0.4 is 10.1 Å². The van der Waals surface area contributed by atoms with E-state index in [-0.39, 0.29) is 17.3 Å². The highest BCUT2D eigenvalue weighted by Gasteiger charge is 2.32. The monoisotopic (exact) mass is 427 g/mol. The molecule has 5 nitrogen and oxygen atoms in total. The van der Waals surface area contributed by atoms with Gasteiger partial charge < -0.3 is 10.1 Å². The average Bonchev–Trinajstić information content (AvgIpc) is 2.89. The van der Waals surface area contributed by atoms with Gasteiger partial charge in [0.1, 0.15) is 11.6 Å². The largest absolute Gasteiger partial charge is 0.491 e. The second kappa shape index (κ2) is 8.13. The zero-order chi connectivity index (χ0) is 20.5. The van der Waals surface area contributed by atoms with Crippen molar-refractivity contribution in [2.45, 2.75) is 32.1 Å². The summed E-state index contributed by atoms with van der Waals surface area (Å²) in [5, 5.41) is 8.38. The lowest BCUT2D eigenvalue weighted by molar-refractivity contribution is -0.113. The molecule has 0 saturated heterocycles. The van der Waals surface area contributed by atoms with E-state index in [0.717, 1.165) is 28.3 Å². The van der Waals surface area contributed by atoms with Gasteiger partial charge in [0, 0.05) is 16.1 Å². The van der Waals surface area contributed by atoms with Gasteiger partial charge in [-0.2, -0.15) is 5.10 Å². The zero-order valence-electron chi connectivity index (χ0n) is 16.5. The maximum absolute atomic E-state index is 12.5. The number of thioether (sulfide) groups is 1. The summed E-state index contributed by atoms with van der Waals surface area (Å²) in [6, 6.07) is 15.4. The van der Waals surface area contributed by atoms with E-state index in [9.17, 15) is 4.79 Å². The number of anilines is 1. The van der Waals surface area contributed by atoms with Gasteiger partial charge in [-0.05, 0) is 51.1 Å². The van der Waals surface area contributed by atoms with E-state index in [1.54, 1.807) is 16.4 Å². The molecule has 1 atom stereocenters. The van der Waals surface area contributed by atoms with Gasteiger partial charge in [0.2, 0.25) is 5.91 Å². The SMILES string of the molecule is Cc1nn(-c2ccc(Cl)cc2)c2c1[C@H](c1ccccc1OC(C)C)SCC(=O)N2. The van der Waals surface area contributed by atoms with Crippen LogP contribution in [-0.2, 0) is 4.79 Å². The molecule has 0 spiro atoms. The van der Waals surface area contributed by atoms with Crippen LogP contribution in [0.2, 0.25) is 5.02 Å². The molecular weight excluding hydrogens is 406 g/mol. The van der Waals surface area contributed by atoms with Gasteiger partial charge in [0.05, 0.1) is 28.5 Å². The third-order valence-corrected chi connectivity index (χ3v) is 6.15. The van der Waals surface area contributed by atoms with Crippen LogP contribution in [-0.4, -0.2) is 27.5 Å². The van der Waals surface area contributed by atoms with E-state index < -0.39 is 0 Å². The van der Waals surface area contributed by atoms with Crippen molar-refractivity contribution >= 4 is 35.1 Å². The molecule has 0 aliphatic carbocycles. The Morgan fingerprint density at radius 1 is 1.21 bits per heavy atom. The van der Waals surface area contributed by atoms with Gasteiger partial charge in [-0.1, -0.05) is 29.8 Å². The van der Waals surface area contributed by atoms with E-state index in [1.165, 1.54) is 0 Å². The van der Waals surface area contributed by atoms with Crippen LogP contribution in [0, 0.1) is 6.92 Å². The number of fused-ring (bicyclic) bond motifs is 1. The summed E-state index contributed by atoms with van der Waals surface area (Å²) < 4.78 is 7.85. The Morgan fingerprint density at radius 3 is 2.66 bits per heavy atom. The van der Waals surface area contributed by atoms with E-state index in [2.05, 4.69) is 11.4 Å². The normalized spacial score (nSPS) is 16.3. The van der Waals surface area contributed by atoms with E-state index in [4.69, 9.17) is 21.4 Å². The van der Waals surface area contributed by atoms with Crippen LogP contribution in [0.15, 0.2) is 48.5 Å². The summed E-state index contributed by atoms with van der Waals surface area (Å²) in [6.07, 6.45) is 0.0593. The van der Waals surface area contributed by atoms with E-state index in [1.807, 2.05) is 63.2 Å². The molecule has 4 rings (SSSR count). The minimum absolute atomic E-state index is 0.0453. The van der Waals surface area contributed by atoms with E-state index >= 15 is 0 Å². The first-order valence-electron chi connectivity index (χ1n) is 9.46. The first kappa shape index (κ1) is 19.9. The van der Waals surface area contributed by atoms with Gasteiger partial charge in [0.25, 0.3) is 0 Å². The Labute approximate surface area is 179 Å². The summed E-state index contributed by atoms with van der Waals surface area (Å²) in [4.78, 5) is 12.5. The second-order valence-electron chi connectivity index (χ2n) is 7.18. The molecular formula is C22H22ClN3O2S. The van der Waals surface area contributed by atoms with Crippen molar-refractivity contribution in [1.29, 1.82) is 0 Å². The highest BCUT2D eigenvalue weighted by Crippen LogP contribution is 2.46. The number of para-hydroxylation sites is 1. The molecule has 29 heavy (non-hydrogen) atoms. The number of benzene rings is 2. The molecule has 150 valence electrons. The molecule has 0 unspecified atom stereocenters. The van der Waals surface area contributed by atoms with Crippen molar-refractivity contribution in [1.82, 2.24) is 9.78 Å². The Morgan fingerprint density at radius 2 is 1.93 bits per heavy atom. The lowest BCUT2D eigenvalue weighted by atomic mass is 10.0. The molecule has 0 radical (unpaired) electrons. The third kappa shape index (κ3) is 4.00. The van der Waals surface area contributed by atoms with Gasteiger partial charge in [-0.3, -0.25) is 4.79 Å². The van der Waals surface area contributed by atoms with Crippen LogP contribution in [0.4, 0.5) is 5.82 Å². The average molecular weight is 428 g/mol. The van der Waals surface area contributed by atoms with Gasteiger partial charge >= 0.3 is 0 Å². The maximum atomic E-state index is 12.5. The number of hydrogen-bond acceptors (Lipinski definition) is 4. The highest BCUT2D eigenvalue weighted by molar-refractivity contribution is 8.00. The Hall–Kier alpha value is -2.44. The molecule has 7 heteroatoms. The molecule has 3 aromatic rings. The summed E-state index contributed by atoms with van der Waals surface area (Å²) >= 11 is 7.63. The van der Waals surface area contributed by atoms with E-state index in [0.29, 0.717) is 16.6 Å². The van der Waals surface area contributed by atoms with Gasteiger partial charge in [0.15, 0.2) is 0 Å². The predicted octanol–water partition coefficient (Wildman–Crippen LogP) is 5.40. The standard InChI is InChI=1S/C22H22ClN3O2S/c1-13(2)28-18-7-5-4-6-17(18)21-20-14(3)25-26(16-10-8-15(23)9-11-16)22(20)24-19(27)12-29-21/h4-11,13,21H,12H2,1-3H3,(H,24,27)/t21-/m0/s1. The lowest BCUT2D eigenvalue weighted by Crippen LogP contribution is -2.15. The lowest BCUT2D eigenvalue weighted by Gasteiger charge is -2.20. The fourth-order valence-electron chi connectivity index (χ4n) is 3.46. The number of ether oxygens (including phenoxy) is 1. The van der Waals surface area contributed by atoms with Crippen molar-refractivity contribution in [3.05, 3.63) is 70.4 Å². The van der Waals surface area contributed by atoms with Crippen LogP contribution >= 0.6 is 23.4 Å². The van der Waals surface area contributed by atoms with Crippen LogP contribution in [0.5, 0.6) is 5.75 Å². The maximum Gasteiger partial charge on any atom is 0.235 e. The first-order chi connectivity index (χ1) is 13.9. The Bertz CT molecular complexity index is 1050. The minimum Gasteiger partial charge on any atom is -0.491 e. The molecule has 0 bridgehead atoms. The second-order valence-corrected chi connectivity index (χ2v) is 8.71. The Kier molecular flexibility index (Phi) is 5.56. The van der Waals surface area contributed by atoms with Crippen molar-refractivity contribution in [2.75, 3.05) is 11.1 Å². The molecule has 0 saturated carbocycles. The number of halogens is 1. The summed E-state index contributed by atoms with van der Waals surface area (Å²) in [5.74, 6) is 1.84. The molecule has 2 heterocycles. The topological polar surface area (TPSA) is 56.2 Å². The predicted molar refractivity (Wildman–Crippen MR) is 118 cm³/mol. The molecule has 1 amide bonds. The van der Waals surface area contributed by atoms with Crippen molar-refractivity contribution in [3.63, 3.8) is 0 Å². The molecule has 1 aliphatic rings.